The molecule has 0 bridgehead atoms. The molecule has 0 N–H and O–H groups in total. The van der Waals surface area contributed by atoms with Crippen molar-refractivity contribution in [3.63, 3.8) is 0 Å². The van der Waals surface area contributed by atoms with E-state index in [1.807, 2.05) is 0 Å². The van der Waals surface area contributed by atoms with Gasteiger partial charge in [0.15, 0.2) is 11.6 Å². The molecule has 2 aromatic rings. The summed E-state index contributed by atoms with van der Waals surface area (Å²) < 4.78 is 8.73. The second-order valence-corrected chi connectivity index (χ2v) is 8.77. The van der Waals surface area contributed by atoms with Crippen molar-refractivity contribution in [2.24, 2.45) is 0 Å². The molecule has 0 atom stereocenters. The highest BCUT2D eigenvalue weighted by molar-refractivity contribution is 6.08. The summed E-state index contributed by atoms with van der Waals surface area (Å²) in [6, 6.07) is 13.7. The molecule has 3 aliphatic rings. The molecule has 1 saturated heterocycles. The SMILES string of the molecule is CCC[N+]1=C(/C=C2\OCCN2CC)C2(CCCCC2)c2c1ccc1ccccc21. The van der Waals surface area contributed by atoms with Crippen molar-refractivity contribution in [2.45, 2.75) is 57.8 Å². The molecule has 5 rings (SSSR count). The molecule has 0 unspecified atom stereocenters. The average Bonchev–Trinajstić information content (AvgIpc) is 3.31. The van der Waals surface area contributed by atoms with Gasteiger partial charge in [-0.2, -0.15) is 4.58 Å². The third-order valence-electron chi connectivity index (χ3n) is 7.18. The summed E-state index contributed by atoms with van der Waals surface area (Å²) in [5, 5.41) is 2.81. The molecule has 2 aromatic carbocycles. The van der Waals surface area contributed by atoms with E-state index in [1.165, 1.54) is 54.3 Å². The van der Waals surface area contributed by atoms with Gasteiger partial charge in [-0.15, -0.1) is 0 Å². The van der Waals surface area contributed by atoms with Crippen LogP contribution in [0.3, 0.4) is 0 Å². The van der Waals surface area contributed by atoms with E-state index in [4.69, 9.17) is 4.74 Å². The van der Waals surface area contributed by atoms with Crippen molar-refractivity contribution in [3.05, 3.63) is 53.9 Å². The Morgan fingerprint density at radius 2 is 1.90 bits per heavy atom. The van der Waals surface area contributed by atoms with Crippen LogP contribution in [-0.2, 0) is 10.2 Å². The number of benzene rings is 2. The molecule has 2 fully saturated rings. The van der Waals surface area contributed by atoms with Crippen molar-refractivity contribution in [1.29, 1.82) is 0 Å². The summed E-state index contributed by atoms with van der Waals surface area (Å²) in [6.07, 6.45) is 10.0. The van der Waals surface area contributed by atoms with Crippen molar-refractivity contribution in [2.75, 3.05) is 26.2 Å². The van der Waals surface area contributed by atoms with E-state index in [1.54, 1.807) is 5.56 Å². The van der Waals surface area contributed by atoms with Crippen LogP contribution in [0.5, 0.6) is 0 Å². The van der Waals surface area contributed by atoms with Crippen LogP contribution >= 0.6 is 0 Å². The Morgan fingerprint density at radius 3 is 2.69 bits per heavy atom. The zero-order chi connectivity index (χ0) is 19.8. The van der Waals surface area contributed by atoms with E-state index in [-0.39, 0.29) is 5.41 Å². The lowest BCUT2D eigenvalue weighted by Gasteiger charge is -2.32. The van der Waals surface area contributed by atoms with Crippen molar-refractivity contribution in [3.8, 4) is 0 Å². The molecule has 1 aliphatic carbocycles. The number of hydrogen-bond acceptors (Lipinski definition) is 2. The number of hydrogen-bond donors (Lipinski definition) is 0. The third-order valence-corrected chi connectivity index (χ3v) is 7.18. The lowest BCUT2D eigenvalue weighted by molar-refractivity contribution is -0.437. The molecule has 2 aliphatic heterocycles. The first-order valence-corrected chi connectivity index (χ1v) is 11.5. The third kappa shape index (κ3) is 2.89. The zero-order valence-corrected chi connectivity index (χ0v) is 17.9. The van der Waals surface area contributed by atoms with Gasteiger partial charge in [-0.1, -0.05) is 50.5 Å². The average molecular weight is 390 g/mol. The molecule has 3 heteroatoms. The topological polar surface area (TPSA) is 15.5 Å². The molecule has 0 amide bonds. The monoisotopic (exact) mass is 389 g/mol. The first kappa shape index (κ1) is 18.7. The maximum Gasteiger partial charge on any atom is 0.210 e. The maximum absolute atomic E-state index is 6.10. The molecule has 29 heavy (non-hydrogen) atoms. The Balaban J connectivity index is 1.77. The van der Waals surface area contributed by atoms with Crippen LogP contribution in [0, 0.1) is 0 Å². The Morgan fingerprint density at radius 1 is 1.07 bits per heavy atom. The second-order valence-electron chi connectivity index (χ2n) is 8.77. The fourth-order valence-electron chi connectivity index (χ4n) is 5.87. The Labute approximate surface area is 174 Å². The van der Waals surface area contributed by atoms with Gasteiger partial charge in [0.25, 0.3) is 0 Å². The number of likely N-dealkylation sites (N-methyl/N-ethyl adjacent to an activating group) is 1. The van der Waals surface area contributed by atoms with E-state index in [0.717, 1.165) is 38.5 Å². The van der Waals surface area contributed by atoms with Crippen molar-refractivity contribution in [1.82, 2.24) is 4.90 Å². The van der Waals surface area contributed by atoms with Gasteiger partial charge in [-0.05, 0) is 36.6 Å². The van der Waals surface area contributed by atoms with Crippen LogP contribution in [-0.4, -0.2) is 41.4 Å². The maximum atomic E-state index is 6.10. The Bertz CT molecular complexity index is 981. The molecular formula is C26H33N2O+. The van der Waals surface area contributed by atoms with E-state index in [9.17, 15) is 0 Å². The number of nitrogens with zero attached hydrogens (tertiary/aromatic N) is 2. The summed E-state index contributed by atoms with van der Waals surface area (Å²) in [4.78, 5) is 2.38. The van der Waals surface area contributed by atoms with Crippen molar-refractivity contribution < 1.29 is 9.31 Å². The van der Waals surface area contributed by atoms with E-state index in [2.05, 4.69) is 65.8 Å². The normalized spacial score (nSPS) is 22.0. The number of ether oxygens (including phenoxy) is 1. The predicted molar refractivity (Wildman–Crippen MR) is 120 cm³/mol. The Kier molecular flexibility index (Phi) is 4.85. The fraction of sp³-hybridized carbons (Fsp3) is 0.500. The molecule has 1 spiro atoms. The highest BCUT2D eigenvalue weighted by atomic mass is 16.5. The van der Waals surface area contributed by atoms with Crippen LogP contribution in [0.15, 0.2) is 48.4 Å². The molecule has 2 heterocycles. The predicted octanol–water partition coefficient (Wildman–Crippen LogP) is 5.74. The summed E-state index contributed by atoms with van der Waals surface area (Å²) in [6.45, 7) is 8.41. The van der Waals surface area contributed by atoms with E-state index in [0.29, 0.717) is 0 Å². The van der Waals surface area contributed by atoms with Gasteiger partial charge in [-0.3, -0.25) is 0 Å². The molecule has 152 valence electrons. The fourth-order valence-corrected chi connectivity index (χ4v) is 5.87. The largest absolute Gasteiger partial charge is 0.477 e. The lowest BCUT2D eigenvalue weighted by atomic mass is 9.66. The van der Waals surface area contributed by atoms with Gasteiger partial charge >= 0.3 is 0 Å². The van der Waals surface area contributed by atoms with E-state index >= 15 is 0 Å². The minimum Gasteiger partial charge on any atom is -0.477 e. The van der Waals surface area contributed by atoms with Crippen LogP contribution in [0.4, 0.5) is 5.69 Å². The van der Waals surface area contributed by atoms with Gasteiger partial charge < -0.3 is 9.64 Å². The standard InChI is InChI=1S/C26H33N2O/c1-3-16-28-22-13-12-20-10-6-7-11-21(20)25(22)26(14-8-5-9-15-26)23(28)19-24-27(4-2)17-18-29-24/h6-7,10-13,19H,3-5,8-9,14-18H2,1-2H3/q+1. The molecular weight excluding hydrogens is 356 g/mol. The molecule has 1 saturated carbocycles. The van der Waals surface area contributed by atoms with Gasteiger partial charge in [0.2, 0.25) is 5.69 Å². The number of allylic oxidation sites excluding steroid dienone is 1. The Hall–Kier alpha value is -2.29. The quantitative estimate of drug-likeness (QED) is 0.619. The zero-order valence-electron chi connectivity index (χ0n) is 17.9. The summed E-state index contributed by atoms with van der Waals surface area (Å²) in [5.74, 6) is 1.07. The molecule has 0 radical (unpaired) electrons. The summed E-state index contributed by atoms with van der Waals surface area (Å²) in [7, 11) is 0. The van der Waals surface area contributed by atoms with Gasteiger partial charge in [-0.25, -0.2) is 0 Å². The van der Waals surface area contributed by atoms with Crippen molar-refractivity contribution >= 4 is 22.2 Å². The summed E-state index contributed by atoms with van der Waals surface area (Å²) in [5.41, 5.74) is 4.62. The van der Waals surface area contributed by atoms with E-state index < -0.39 is 0 Å². The smallest absolute Gasteiger partial charge is 0.210 e. The first-order valence-electron chi connectivity index (χ1n) is 11.5. The van der Waals surface area contributed by atoms with Gasteiger partial charge in [0.05, 0.1) is 18.0 Å². The molecule has 0 aromatic heterocycles. The van der Waals surface area contributed by atoms with Crippen LogP contribution < -0.4 is 0 Å². The number of rotatable bonds is 4. The minimum absolute atomic E-state index is 0.127. The van der Waals surface area contributed by atoms with Crippen LogP contribution in [0.25, 0.3) is 10.8 Å². The van der Waals surface area contributed by atoms with Gasteiger partial charge in [0, 0.05) is 24.6 Å². The minimum atomic E-state index is 0.127. The highest BCUT2D eigenvalue weighted by Gasteiger charge is 2.52. The second kappa shape index (κ2) is 7.51. The highest BCUT2D eigenvalue weighted by Crippen LogP contribution is 2.52. The summed E-state index contributed by atoms with van der Waals surface area (Å²) >= 11 is 0. The lowest BCUT2D eigenvalue weighted by Crippen LogP contribution is -2.37. The molecule has 3 nitrogen and oxygen atoms in total. The first-order chi connectivity index (χ1) is 14.3. The van der Waals surface area contributed by atoms with Gasteiger partial charge in [0.1, 0.15) is 13.2 Å². The van der Waals surface area contributed by atoms with Crippen LogP contribution in [0.1, 0.15) is 57.9 Å². The number of fused-ring (bicyclic) bond motifs is 4. The van der Waals surface area contributed by atoms with Crippen LogP contribution in [0.2, 0.25) is 0 Å².